The molecule has 208 valence electrons. The molecule has 2 atom stereocenters. The molecule has 0 aromatic rings. The summed E-state index contributed by atoms with van der Waals surface area (Å²) in [4.78, 5) is 0. The molecule has 0 amide bonds. The van der Waals surface area contributed by atoms with Gasteiger partial charge in [0.25, 0.3) is 0 Å². The van der Waals surface area contributed by atoms with E-state index in [4.69, 9.17) is 0 Å². The molecule has 0 N–H and O–H groups in total. The second-order valence-electron chi connectivity index (χ2n) is 14.0. The quantitative estimate of drug-likeness (QED) is 0.289. The monoisotopic (exact) mass is 536 g/mol. The van der Waals surface area contributed by atoms with Gasteiger partial charge in [0.2, 0.25) is 0 Å². The van der Waals surface area contributed by atoms with Crippen molar-refractivity contribution in [3.8, 4) is 0 Å². The Kier molecular flexibility index (Phi) is 10.3. The first-order valence-electron chi connectivity index (χ1n) is 16.8. The van der Waals surface area contributed by atoms with E-state index in [1.807, 2.05) is 0 Å². The lowest BCUT2D eigenvalue weighted by atomic mass is 9.81. The summed E-state index contributed by atoms with van der Waals surface area (Å²) in [6, 6.07) is 0. The van der Waals surface area contributed by atoms with Crippen LogP contribution in [0.25, 0.3) is 0 Å². The lowest BCUT2D eigenvalue weighted by Crippen LogP contribution is -2.34. The van der Waals surface area contributed by atoms with Crippen LogP contribution in [0.15, 0.2) is 0 Å². The molecule has 0 aromatic heterocycles. The maximum absolute atomic E-state index is 15.2. The predicted octanol–water partition coefficient (Wildman–Crippen LogP) is 10.8. The Morgan fingerprint density at radius 1 is 0.333 bits per heavy atom. The van der Waals surface area contributed by atoms with Crippen LogP contribution in [0.4, 0.5) is 0 Å². The van der Waals surface area contributed by atoms with Gasteiger partial charge in [-0.3, -0.25) is 0 Å². The first-order valence-corrected chi connectivity index (χ1v) is 20.8. The Hall–Kier alpha value is 0.460. The van der Waals surface area contributed by atoms with Gasteiger partial charge < -0.3 is 9.13 Å². The third kappa shape index (κ3) is 6.43. The van der Waals surface area contributed by atoms with E-state index in [0.717, 1.165) is 12.3 Å². The van der Waals surface area contributed by atoms with Crippen molar-refractivity contribution in [2.45, 2.75) is 177 Å². The minimum Gasteiger partial charge on any atom is -0.323 e. The second kappa shape index (κ2) is 13.2. The first-order chi connectivity index (χ1) is 17.6. The smallest absolute Gasteiger partial charge is 0.0938 e. The van der Waals surface area contributed by atoms with Gasteiger partial charge >= 0.3 is 0 Å². The van der Waals surface area contributed by atoms with Crippen molar-refractivity contribution >= 4 is 14.3 Å². The highest BCUT2D eigenvalue weighted by Gasteiger charge is 2.47. The zero-order valence-electron chi connectivity index (χ0n) is 23.6. The summed E-state index contributed by atoms with van der Waals surface area (Å²) < 4.78 is 30.5. The molecule has 0 spiro atoms. The summed E-state index contributed by atoms with van der Waals surface area (Å²) in [5.74, 6) is 1.21. The maximum Gasteiger partial charge on any atom is 0.0938 e. The topological polar surface area (TPSA) is 34.1 Å². The van der Waals surface area contributed by atoms with Gasteiger partial charge in [0.1, 0.15) is 0 Å². The van der Waals surface area contributed by atoms with E-state index in [9.17, 15) is 0 Å². The van der Waals surface area contributed by atoms with Crippen LogP contribution < -0.4 is 0 Å². The standard InChI is InChI=1S/C32H58O2P2/c33-35(29-17-5-1-6-18-29,30-19-7-2-8-20-30)25-27-15-13-14-16-28(27)26-36(34,31-21-9-3-10-22-31)32-23-11-4-12-24-32/h27-32H,1-26H2. The van der Waals surface area contributed by atoms with Crippen LogP contribution in [0.5, 0.6) is 0 Å². The average Bonchev–Trinajstić information content (AvgIpc) is 2.96. The molecule has 4 heteroatoms. The van der Waals surface area contributed by atoms with Crippen LogP contribution in [0.3, 0.4) is 0 Å². The third-order valence-corrected chi connectivity index (χ3v) is 21.0. The second-order valence-corrected chi connectivity index (χ2v) is 21.1. The highest BCUT2D eigenvalue weighted by Crippen LogP contribution is 2.67. The molecule has 2 unspecified atom stereocenters. The van der Waals surface area contributed by atoms with E-state index in [2.05, 4.69) is 0 Å². The van der Waals surface area contributed by atoms with Crippen molar-refractivity contribution in [1.82, 2.24) is 0 Å². The summed E-state index contributed by atoms with van der Waals surface area (Å²) in [5, 5.41) is 0. The Labute approximate surface area is 224 Å². The lowest BCUT2D eigenvalue weighted by Gasteiger charge is -2.45. The van der Waals surface area contributed by atoms with Gasteiger partial charge in [0.05, 0.1) is 14.3 Å². The average molecular weight is 537 g/mol. The Morgan fingerprint density at radius 3 is 0.806 bits per heavy atom. The molecule has 5 aliphatic carbocycles. The Balaban J connectivity index is 1.37. The summed E-state index contributed by atoms with van der Waals surface area (Å²) in [5.41, 5.74) is 2.11. The first kappa shape index (κ1) is 28.0. The number of hydrogen-bond donors (Lipinski definition) is 0. The molecule has 0 heterocycles. The normalized spacial score (nSPS) is 31.4. The van der Waals surface area contributed by atoms with Gasteiger partial charge in [-0.2, -0.15) is 0 Å². The van der Waals surface area contributed by atoms with Crippen molar-refractivity contribution < 1.29 is 9.13 Å². The summed E-state index contributed by atoms with van der Waals surface area (Å²) >= 11 is 0. The largest absolute Gasteiger partial charge is 0.323 e. The molecular formula is C32H58O2P2. The molecule has 5 aliphatic rings. The zero-order chi connectivity index (χ0) is 24.8. The fraction of sp³-hybridized carbons (Fsp3) is 1.00. The predicted molar refractivity (Wildman–Crippen MR) is 158 cm³/mol. The SMILES string of the molecule is O=P(CC1CCCCC1CP(=O)(C1CCCCC1)C1CCCCC1)(C1CCCCC1)C1CCCCC1. The molecule has 5 fully saturated rings. The van der Waals surface area contributed by atoms with Crippen molar-refractivity contribution in [2.75, 3.05) is 12.3 Å². The van der Waals surface area contributed by atoms with Crippen molar-refractivity contribution in [3.05, 3.63) is 0 Å². The van der Waals surface area contributed by atoms with Crippen LogP contribution in [0.1, 0.15) is 154 Å². The molecular weight excluding hydrogens is 478 g/mol. The van der Waals surface area contributed by atoms with Crippen LogP contribution in [-0.2, 0) is 9.13 Å². The number of rotatable bonds is 8. The molecule has 0 radical (unpaired) electrons. The van der Waals surface area contributed by atoms with E-state index < -0.39 is 14.3 Å². The fourth-order valence-corrected chi connectivity index (χ4v) is 19.5. The highest BCUT2D eigenvalue weighted by atomic mass is 31.2. The van der Waals surface area contributed by atoms with E-state index in [1.54, 1.807) is 0 Å². The minimum absolute atomic E-state index is 0.528. The van der Waals surface area contributed by atoms with E-state index in [0.29, 0.717) is 34.5 Å². The van der Waals surface area contributed by atoms with Gasteiger partial charge in [-0.1, -0.05) is 89.9 Å². The van der Waals surface area contributed by atoms with Crippen molar-refractivity contribution in [2.24, 2.45) is 11.8 Å². The molecule has 0 aromatic carbocycles. The fourth-order valence-electron chi connectivity index (χ4n) is 9.76. The van der Waals surface area contributed by atoms with Crippen LogP contribution in [0.2, 0.25) is 0 Å². The van der Waals surface area contributed by atoms with Gasteiger partial charge in [0.15, 0.2) is 0 Å². The molecule has 0 saturated heterocycles. The van der Waals surface area contributed by atoms with Gasteiger partial charge in [-0.15, -0.1) is 0 Å². The molecule has 5 saturated carbocycles. The van der Waals surface area contributed by atoms with Gasteiger partial charge in [-0.05, 0) is 76.0 Å². The third-order valence-electron chi connectivity index (χ3n) is 11.9. The van der Waals surface area contributed by atoms with Gasteiger partial charge in [0, 0.05) is 35.0 Å². The summed E-state index contributed by atoms with van der Waals surface area (Å²) in [6.45, 7) is 0. The van der Waals surface area contributed by atoms with Crippen LogP contribution in [0, 0.1) is 11.8 Å². The van der Waals surface area contributed by atoms with E-state index in [1.165, 1.54) is 154 Å². The number of hydrogen-bond acceptors (Lipinski definition) is 2. The van der Waals surface area contributed by atoms with E-state index >= 15 is 9.13 Å². The molecule has 0 aliphatic heterocycles. The Bertz CT molecular complexity index is 646. The van der Waals surface area contributed by atoms with E-state index in [-0.39, 0.29) is 0 Å². The minimum atomic E-state index is -2.20. The maximum atomic E-state index is 15.2. The van der Waals surface area contributed by atoms with Crippen molar-refractivity contribution in [1.29, 1.82) is 0 Å². The van der Waals surface area contributed by atoms with Crippen LogP contribution >= 0.6 is 14.3 Å². The molecule has 0 bridgehead atoms. The summed E-state index contributed by atoms with van der Waals surface area (Å²) in [6.07, 6.45) is 33.2. The molecule has 2 nitrogen and oxygen atoms in total. The zero-order valence-corrected chi connectivity index (χ0v) is 25.3. The van der Waals surface area contributed by atoms with Crippen LogP contribution in [-0.4, -0.2) is 35.0 Å². The summed E-state index contributed by atoms with van der Waals surface area (Å²) in [7, 11) is -4.39. The molecule has 36 heavy (non-hydrogen) atoms. The van der Waals surface area contributed by atoms with Crippen molar-refractivity contribution in [3.63, 3.8) is 0 Å². The lowest BCUT2D eigenvalue weighted by molar-refractivity contribution is 0.275. The molecule has 5 rings (SSSR count). The Morgan fingerprint density at radius 2 is 0.556 bits per heavy atom. The van der Waals surface area contributed by atoms with Gasteiger partial charge in [-0.25, -0.2) is 0 Å². The highest BCUT2D eigenvalue weighted by molar-refractivity contribution is 7.65.